The number of halogens is 1. The van der Waals surface area contributed by atoms with E-state index in [1.807, 2.05) is 6.92 Å². The van der Waals surface area contributed by atoms with Crippen molar-refractivity contribution in [1.82, 2.24) is 0 Å². The Morgan fingerprint density at radius 1 is 1.50 bits per heavy atom. The van der Waals surface area contributed by atoms with Crippen molar-refractivity contribution < 1.29 is 9.50 Å². The van der Waals surface area contributed by atoms with Gasteiger partial charge in [-0.1, -0.05) is 19.4 Å². The van der Waals surface area contributed by atoms with Crippen LogP contribution in [0.1, 0.15) is 25.3 Å². The van der Waals surface area contributed by atoms with Gasteiger partial charge in [0.25, 0.3) is 0 Å². The van der Waals surface area contributed by atoms with Crippen LogP contribution in [-0.4, -0.2) is 11.2 Å². The van der Waals surface area contributed by atoms with Crippen LogP contribution in [0.3, 0.4) is 0 Å². The van der Waals surface area contributed by atoms with E-state index in [1.54, 1.807) is 12.1 Å². The molecule has 0 saturated carbocycles. The van der Waals surface area contributed by atoms with E-state index in [4.69, 9.17) is 5.73 Å². The molecule has 0 fully saturated rings. The van der Waals surface area contributed by atoms with E-state index < -0.39 is 5.82 Å². The molecule has 3 N–H and O–H groups in total. The predicted octanol–water partition coefficient (Wildman–Crippen LogP) is 2.11. The molecule has 0 aliphatic carbocycles. The Kier molecular flexibility index (Phi) is 3.89. The van der Waals surface area contributed by atoms with Crippen molar-refractivity contribution >= 4 is 5.69 Å². The van der Waals surface area contributed by atoms with Crippen molar-refractivity contribution in [2.45, 2.75) is 32.3 Å². The van der Waals surface area contributed by atoms with Crippen molar-refractivity contribution in [2.75, 3.05) is 5.73 Å². The van der Waals surface area contributed by atoms with Gasteiger partial charge >= 0.3 is 0 Å². The Hall–Kier alpha value is -1.09. The SMILES string of the molecule is CCCC(O)Cc1ccc(F)c(N)c1. The molecule has 2 nitrogen and oxygen atoms in total. The number of nitrogen functional groups attached to an aromatic ring is 1. The summed E-state index contributed by atoms with van der Waals surface area (Å²) in [5.74, 6) is -0.404. The molecule has 0 radical (unpaired) electrons. The second-order valence-corrected chi connectivity index (χ2v) is 3.50. The molecule has 14 heavy (non-hydrogen) atoms. The summed E-state index contributed by atoms with van der Waals surface area (Å²) in [5, 5.41) is 9.53. The van der Waals surface area contributed by atoms with Gasteiger partial charge in [-0.3, -0.25) is 0 Å². The van der Waals surface area contributed by atoms with E-state index in [1.165, 1.54) is 6.07 Å². The standard InChI is InChI=1S/C11H16FNO/c1-2-3-9(14)6-8-4-5-10(12)11(13)7-8/h4-5,7,9,14H,2-3,6,13H2,1H3. The molecule has 0 aliphatic rings. The average Bonchev–Trinajstić information content (AvgIpc) is 2.12. The minimum atomic E-state index is -0.404. The average molecular weight is 197 g/mol. The Labute approximate surface area is 83.6 Å². The summed E-state index contributed by atoms with van der Waals surface area (Å²) in [4.78, 5) is 0. The number of anilines is 1. The first-order chi connectivity index (χ1) is 6.63. The molecular weight excluding hydrogens is 181 g/mol. The van der Waals surface area contributed by atoms with Gasteiger partial charge < -0.3 is 10.8 Å². The van der Waals surface area contributed by atoms with Crippen molar-refractivity contribution in [3.05, 3.63) is 29.6 Å². The maximum absolute atomic E-state index is 12.8. The van der Waals surface area contributed by atoms with Crippen molar-refractivity contribution in [2.24, 2.45) is 0 Å². The number of aliphatic hydroxyl groups excluding tert-OH is 1. The number of benzene rings is 1. The largest absolute Gasteiger partial charge is 0.396 e. The third kappa shape index (κ3) is 3.00. The van der Waals surface area contributed by atoms with E-state index in [0.29, 0.717) is 6.42 Å². The van der Waals surface area contributed by atoms with E-state index in [-0.39, 0.29) is 11.8 Å². The summed E-state index contributed by atoms with van der Waals surface area (Å²) in [6.07, 6.45) is 1.89. The number of rotatable bonds is 4. The number of hydrogen-bond donors (Lipinski definition) is 2. The zero-order valence-corrected chi connectivity index (χ0v) is 8.33. The van der Waals surface area contributed by atoms with Crippen molar-refractivity contribution in [3.8, 4) is 0 Å². The maximum atomic E-state index is 12.8. The lowest BCUT2D eigenvalue weighted by Gasteiger charge is -2.09. The molecule has 1 rings (SSSR count). The quantitative estimate of drug-likeness (QED) is 0.726. The van der Waals surface area contributed by atoms with Crippen LogP contribution in [-0.2, 0) is 6.42 Å². The summed E-state index contributed by atoms with van der Waals surface area (Å²) in [5.41, 5.74) is 6.44. The molecule has 0 heterocycles. The van der Waals surface area contributed by atoms with Gasteiger partial charge in [0.1, 0.15) is 5.82 Å². The van der Waals surface area contributed by atoms with Crippen LogP contribution < -0.4 is 5.73 Å². The molecule has 78 valence electrons. The third-order valence-corrected chi connectivity index (χ3v) is 2.15. The molecule has 3 heteroatoms. The predicted molar refractivity (Wildman–Crippen MR) is 55.4 cm³/mol. The highest BCUT2D eigenvalue weighted by molar-refractivity contribution is 5.42. The molecular formula is C11H16FNO. The minimum Gasteiger partial charge on any atom is -0.396 e. The van der Waals surface area contributed by atoms with Gasteiger partial charge in [0.15, 0.2) is 0 Å². The van der Waals surface area contributed by atoms with Crippen LogP contribution in [0.15, 0.2) is 18.2 Å². The monoisotopic (exact) mass is 197 g/mol. The number of aliphatic hydroxyl groups is 1. The molecule has 1 atom stereocenters. The normalized spacial score (nSPS) is 12.8. The summed E-state index contributed by atoms with van der Waals surface area (Å²) in [6, 6.07) is 4.57. The van der Waals surface area contributed by atoms with Gasteiger partial charge in [0.2, 0.25) is 0 Å². The smallest absolute Gasteiger partial charge is 0.146 e. The Morgan fingerprint density at radius 2 is 2.21 bits per heavy atom. The lowest BCUT2D eigenvalue weighted by Crippen LogP contribution is -2.10. The molecule has 0 aliphatic heterocycles. The molecule has 0 aromatic heterocycles. The number of hydrogen-bond acceptors (Lipinski definition) is 2. The van der Waals surface area contributed by atoms with Crippen LogP contribution >= 0.6 is 0 Å². The van der Waals surface area contributed by atoms with Gasteiger partial charge in [-0.15, -0.1) is 0 Å². The topological polar surface area (TPSA) is 46.2 Å². The fourth-order valence-corrected chi connectivity index (χ4v) is 1.43. The highest BCUT2D eigenvalue weighted by Crippen LogP contribution is 2.14. The first-order valence-electron chi connectivity index (χ1n) is 4.85. The minimum absolute atomic E-state index is 0.145. The second kappa shape index (κ2) is 4.96. The zero-order chi connectivity index (χ0) is 10.6. The van der Waals surface area contributed by atoms with Gasteiger partial charge in [0, 0.05) is 0 Å². The highest BCUT2D eigenvalue weighted by atomic mass is 19.1. The molecule has 0 spiro atoms. The van der Waals surface area contributed by atoms with E-state index in [2.05, 4.69) is 0 Å². The van der Waals surface area contributed by atoms with Gasteiger partial charge in [-0.2, -0.15) is 0 Å². The lowest BCUT2D eigenvalue weighted by molar-refractivity contribution is 0.164. The van der Waals surface area contributed by atoms with E-state index in [0.717, 1.165) is 18.4 Å². The van der Waals surface area contributed by atoms with Crippen LogP contribution in [0.2, 0.25) is 0 Å². The molecule has 1 aromatic rings. The summed E-state index contributed by atoms with van der Waals surface area (Å²) in [6.45, 7) is 2.02. The third-order valence-electron chi connectivity index (χ3n) is 2.15. The molecule has 1 unspecified atom stereocenters. The zero-order valence-electron chi connectivity index (χ0n) is 8.33. The first-order valence-corrected chi connectivity index (χ1v) is 4.85. The Bertz CT molecular complexity index is 301. The van der Waals surface area contributed by atoms with Crippen molar-refractivity contribution in [1.29, 1.82) is 0 Å². The first kappa shape index (κ1) is 11.0. The van der Waals surface area contributed by atoms with Crippen LogP contribution in [0.5, 0.6) is 0 Å². The van der Waals surface area contributed by atoms with Gasteiger partial charge in [-0.05, 0) is 30.5 Å². The summed E-state index contributed by atoms with van der Waals surface area (Å²) < 4.78 is 12.8. The second-order valence-electron chi connectivity index (χ2n) is 3.50. The van der Waals surface area contributed by atoms with Crippen molar-refractivity contribution in [3.63, 3.8) is 0 Å². The Balaban J connectivity index is 2.63. The van der Waals surface area contributed by atoms with Crippen LogP contribution in [0.4, 0.5) is 10.1 Å². The summed E-state index contributed by atoms with van der Waals surface area (Å²) in [7, 11) is 0. The van der Waals surface area contributed by atoms with Crippen LogP contribution in [0, 0.1) is 5.82 Å². The van der Waals surface area contributed by atoms with E-state index in [9.17, 15) is 9.50 Å². The lowest BCUT2D eigenvalue weighted by atomic mass is 10.0. The summed E-state index contributed by atoms with van der Waals surface area (Å²) >= 11 is 0. The molecule has 1 aromatic carbocycles. The fraction of sp³-hybridized carbons (Fsp3) is 0.455. The van der Waals surface area contributed by atoms with Crippen LogP contribution in [0.25, 0.3) is 0 Å². The molecule has 0 saturated heterocycles. The Morgan fingerprint density at radius 3 is 2.79 bits per heavy atom. The maximum Gasteiger partial charge on any atom is 0.146 e. The van der Waals surface area contributed by atoms with Gasteiger partial charge in [-0.25, -0.2) is 4.39 Å². The molecule has 0 amide bonds. The fourth-order valence-electron chi connectivity index (χ4n) is 1.43. The molecule has 0 bridgehead atoms. The highest BCUT2D eigenvalue weighted by Gasteiger charge is 2.06. The van der Waals surface area contributed by atoms with Gasteiger partial charge in [0.05, 0.1) is 11.8 Å². The van der Waals surface area contributed by atoms with E-state index >= 15 is 0 Å². The number of nitrogens with two attached hydrogens (primary N) is 1.